The van der Waals surface area contributed by atoms with Crippen molar-refractivity contribution < 1.29 is 13.2 Å². The lowest BCUT2D eigenvalue weighted by molar-refractivity contribution is -0.135. The standard InChI is InChI=1S/C17H24N2O3S/c1-14-8-6-7-12-19(14)17(20)15(2)18-23(21,22)13-11-16-9-4-3-5-10-16/h3-5,9-11,13-15,18H,6-8,12H2,1-2H3. The number of carbonyl (C=O) groups is 1. The van der Waals surface area contributed by atoms with Crippen molar-refractivity contribution in [2.24, 2.45) is 0 Å². The summed E-state index contributed by atoms with van der Waals surface area (Å²) < 4.78 is 26.7. The van der Waals surface area contributed by atoms with Crippen molar-refractivity contribution in [3.8, 4) is 0 Å². The van der Waals surface area contributed by atoms with E-state index in [1.165, 1.54) is 6.08 Å². The predicted octanol–water partition coefficient (Wildman–Crippen LogP) is 2.37. The molecule has 0 saturated carbocycles. The Hall–Kier alpha value is -1.66. The molecule has 1 amide bonds. The molecular weight excluding hydrogens is 312 g/mol. The first-order chi connectivity index (χ1) is 10.9. The lowest BCUT2D eigenvalue weighted by Crippen LogP contribution is -2.51. The van der Waals surface area contributed by atoms with E-state index in [9.17, 15) is 13.2 Å². The van der Waals surface area contributed by atoms with Crippen LogP contribution in [0.3, 0.4) is 0 Å². The van der Waals surface area contributed by atoms with E-state index < -0.39 is 16.1 Å². The molecule has 0 aromatic heterocycles. The molecule has 1 heterocycles. The highest BCUT2D eigenvalue weighted by Crippen LogP contribution is 2.17. The Morgan fingerprint density at radius 3 is 2.65 bits per heavy atom. The van der Waals surface area contributed by atoms with Gasteiger partial charge >= 0.3 is 0 Å². The van der Waals surface area contributed by atoms with Crippen LogP contribution >= 0.6 is 0 Å². The Morgan fingerprint density at radius 2 is 2.00 bits per heavy atom. The Morgan fingerprint density at radius 1 is 1.30 bits per heavy atom. The van der Waals surface area contributed by atoms with Gasteiger partial charge in [0.05, 0.1) is 6.04 Å². The lowest BCUT2D eigenvalue weighted by atomic mass is 10.0. The van der Waals surface area contributed by atoms with Crippen LogP contribution in [0, 0.1) is 0 Å². The molecule has 1 aliphatic rings. The fourth-order valence-corrected chi connectivity index (χ4v) is 3.75. The number of piperidine rings is 1. The summed E-state index contributed by atoms with van der Waals surface area (Å²) in [4.78, 5) is 14.2. The molecule has 2 rings (SSSR count). The van der Waals surface area contributed by atoms with Gasteiger partial charge in [-0.1, -0.05) is 30.3 Å². The second kappa shape index (κ2) is 7.75. The highest BCUT2D eigenvalue weighted by Gasteiger charge is 2.28. The highest BCUT2D eigenvalue weighted by molar-refractivity contribution is 7.92. The summed E-state index contributed by atoms with van der Waals surface area (Å²) in [7, 11) is -3.66. The van der Waals surface area contributed by atoms with Crippen molar-refractivity contribution >= 4 is 22.0 Å². The first-order valence-corrected chi connectivity index (χ1v) is 9.49. The summed E-state index contributed by atoms with van der Waals surface area (Å²) in [5.74, 6) is -0.158. The molecular formula is C17H24N2O3S. The van der Waals surface area contributed by atoms with Crippen LogP contribution in [-0.4, -0.2) is 37.9 Å². The molecule has 1 aromatic rings. The number of amides is 1. The molecule has 2 unspecified atom stereocenters. The maximum absolute atomic E-state index is 12.4. The average molecular weight is 336 g/mol. The van der Waals surface area contributed by atoms with E-state index in [0.29, 0.717) is 6.54 Å². The van der Waals surface area contributed by atoms with E-state index >= 15 is 0 Å². The zero-order chi connectivity index (χ0) is 16.9. The zero-order valence-electron chi connectivity index (χ0n) is 13.6. The zero-order valence-corrected chi connectivity index (χ0v) is 14.4. The smallest absolute Gasteiger partial charge is 0.240 e. The molecule has 1 aromatic carbocycles. The fourth-order valence-electron chi connectivity index (χ4n) is 2.74. The SMILES string of the molecule is CC(NS(=O)(=O)C=Cc1ccccc1)C(=O)N1CCCCC1C. The van der Waals surface area contributed by atoms with Crippen LogP contribution in [0.2, 0.25) is 0 Å². The molecule has 1 saturated heterocycles. The predicted molar refractivity (Wildman–Crippen MR) is 92.0 cm³/mol. The third-order valence-corrected chi connectivity index (χ3v) is 5.21. The Bertz CT molecular complexity index is 656. The van der Waals surface area contributed by atoms with Crippen LogP contribution in [0.1, 0.15) is 38.7 Å². The number of benzene rings is 1. The fraction of sp³-hybridized carbons (Fsp3) is 0.471. The van der Waals surface area contributed by atoms with Crippen LogP contribution < -0.4 is 4.72 Å². The first kappa shape index (κ1) is 17.7. The summed E-state index contributed by atoms with van der Waals surface area (Å²) in [6.45, 7) is 4.30. The second-order valence-corrected chi connectivity index (χ2v) is 7.57. The molecule has 1 fully saturated rings. The number of carbonyl (C=O) groups excluding carboxylic acids is 1. The van der Waals surface area contributed by atoms with Gasteiger partial charge in [-0.25, -0.2) is 8.42 Å². The third-order valence-electron chi connectivity index (χ3n) is 4.04. The van der Waals surface area contributed by atoms with Crippen LogP contribution in [-0.2, 0) is 14.8 Å². The van der Waals surface area contributed by atoms with Gasteiger partial charge in [-0.3, -0.25) is 4.79 Å². The Labute approximate surface area is 138 Å². The van der Waals surface area contributed by atoms with Gasteiger partial charge in [-0.2, -0.15) is 4.72 Å². The van der Waals surface area contributed by atoms with E-state index in [0.717, 1.165) is 30.2 Å². The summed E-state index contributed by atoms with van der Waals surface area (Å²) >= 11 is 0. The van der Waals surface area contributed by atoms with Crippen LogP contribution in [0.15, 0.2) is 35.7 Å². The largest absolute Gasteiger partial charge is 0.339 e. The van der Waals surface area contributed by atoms with Crippen molar-refractivity contribution in [2.45, 2.75) is 45.2 Å². The minimum Gasteiger partial charge on any atom is -0.339 e. The molecule has 6 heteroatoms. The number of likely N-dealkylation sites (tertiary alicyclic amines) is 1. The number of nitrogens with zero attached hydrogens (tertiary/aromatic N) is 1. The van der Waals surface area contributed by atoms with E-state index in [2.05, 4.69) is 4.72 Å². The molecule has 2 atom stereocenters. The van der Waals surface area contributed by atoms with Gasteiger partial charge in [0.25, 0.3) is 0 Å². The van der Waals surface area contributed by atoms with Crippen molar-refractivity contribution in [1.82, 2.24) is 9.62 Å². The maximum atomic E-state index is 12.4. The Balaban J connectivity index is 1.99. The van der Waals surface area contributed by atoms with Crippen molar-refractivity contribution in [3.63, 3.8) is 0 Å². The molecule has 0 radical (unpaired) electrons. The van der Waals surface area contributed by atoms with Gasteiger partial charge in [0.1, 0.15) is 0 Å². The van der Waals surface area contributed by atoms with Gasteiger partial charge < -0.3 is 4.90 Å². The normalized spacial score (nSPS) is 20.6. The molecule has 0 aliphatic carbocycles. The topological polar surface area (TPSA) is 66.5 Å². The third kappa shape index (κ3) is 5.18. The number of hydrogen-bond donors (Lipinski definition) is 1. The first-order valence-electron chi connectivity index (χ1n) is 7.95. The van der Waals surface area contributed by atoms with Crippen LogP contribution in [0.4, 0.5) is 0 Å². The average Bonchev–Trinajstić information content (AvgIpc) is 2.53. The number of sulfonamides is 1. The quantitative estimate of drug-likeness (QED) is 0.898. The van der Waals surface area contributed by atoms with Crippen molar-refractivity contribution in [2.75, 3.05) is 6.54 Å². The molecule has 23 heavy (non-hydrogen) atoms. The monoisotopic (exact) mass is 336 g/mol. The van der Waals surface area contributed by atoms with Crippen molar-refractivity contribution in [1.29, 1.82) is 0 Å². The van der Waals surface area contributed by atoms with Gasteiger partial charge in [0.15, 0.2) is 0 Å². The van der Waals surface area contributed by atoms with E-state index in [1.807, 2.05) is 37.3 Å². The van der Waals surface area contributed by atoms with Gasteiger partial charge in [-0.15, -0.1) is 0 Å². The van der Waals surface area contributed by atoms with Gasteiger partial charge in [0, 0.05) is 18.0 Å². The van der Waals surface area contributed by atoms with E-state index in [1.54, 1.807) is 11.8 Å². The van der Waals surface area contributed by atoms with Crippen LogP contribution in [0.5, 0.6) is 0 Å². The number of nitrogens with one attached hydrogen (secondary N) is 1. The summed E-state index contributed by atoms with van der Waals surface area (Å²) in [6.07, 6.45) is 4.58. The van der Waals surface area contributed by atoms with Crippen molar-refractivity contribution in [3.05, 3.63) is 41.3 Å². The molecule has 1 aliphatic heterocycles. The molecule has 0 spiro atoms. The minimum absolute atomic E-state index is 0.158. The minimum atomic E-state index is -3.66. The summed E-state index contributed by atoms with van der Waals surface area (Å²) in [5.41, 5.74) is 0.793. The highest BCUT2D eigenvalue weighted by atomic mass is 32.2. The summed E-state index contributed by atoms with van der Waals surface area (Å²) in [6, 6.07) is 8.58. The van der Waals surface area contributed by atoms with Gasteiger partial charge in [-0.05, 0) is 44.7 Å². The molecule has 0 bridgehead atoms. The number of hydrogen-bond acceptors (Lipinski definition) is 3. The number of rotatable bonds is 5. The Kier molecular flexibility index (Phi) is 5.96. The lowest BCUT2D eigenvalue weighted by Gasteiger charge is -2.35. The summed E-state index contributed by atoms with van der Waals surface area (Å²) in [5, 5.41) is 1.10. The maximum Gasteiger partial charge on any atom is 0.240 e. The van der Waals surface area contributed by atoms with Crippen LogP contribution in [0.25, 0.3) is 6.08 Å². The molecule has 1 N–H and O–H groups in total. The second-order valence-electron chi connectivity index (χ2n) is 5.97. The molecule has 5 nitrogen and oxygen atoms in total. The van der Waals surface area contributed by atoms with E-state index in [4.69, 9.17) is 0 Å². The van der Waals surface area contributed by atoms with E-state index in [-0.39, 0.29) is 11.9 Å². The van der Waals surface area contributed by atoms with Gasteiger partial charge in [0.2, 0.25) is 15.9 Å². The molecule has 126 valence electrons.